The van der Waals surface area contributed by atoms with Gasteiger partial charge in [0.1, 0.15) is 0 Å². The maximum atomic E-state index is 5.63. The average molecular weight is 251 g/mol. The van der Waals surface area contributed by atoms with E-state index in [1.54, 1.807) is 0 Å². The number of nitrogens with two attached hydrogens (primary N) is 1. The van der Waals surface area contributed by atoms with Gasteiger partial charge < -0.3 is 5.73 Å². The van der Waals surface area contributed by atoms with Gasteiger partial charge in [-0.2, -0.15) is 0 Å². The predicted octanol–water partition coefficient (Wildman–Crippen LogP) is 2.76. The minimum absolute atomic E-state index is 0.543. The van der Waals surface area contributed by atoms with E-state index in [9.17, 15) is 0 Å². The smallest absolute Gasteiger partial charge is 0.0705 e. The molecule has 1 aromatic heterocycles. The summed E-state index contributed by atoms with van der Waals surface area (Å²) in [6.45, 7) is 2.62. The molecule has 2 aromatic rings. The fourth-order valence-corrected chi connectivity index (χ4v) is 1.91. The van der Waals surface area contributed by atoms with Crippen molar-refractivity contribution in [1.29, 1.82) is 0 Å². The van der Waals surface area contributed by atoms with Crippen LogP contribution in [-0.2, 0) is 6.54 Å². The van der Waals surface area contributed by atoms with Crippen LogP contribution in [0.2, 0.25) is 0 Å². The number of rotatable bonds is 1. The van der Waals surface area contributed by atoms with Crippen LogP contribution < -0.4 is 5.73 Å². The van der Waals surface area contributed by atoms with Crippen LogP contribution in [-0.4, -0.2) is 4.98 Å². The van der Waals surface area contributed by atoms with Crippen LogP contribution in [0.25, 0.3) is 10.9 Å². The summed E-state index contributed by atoms with van der Waals surface area (Å²) in [5, 5.41) is 1.17. The Morgan fingerprint density at radius 2 is 2.21 bits per heavy atom. The van der Waals surface area contributed by atoms with Crippen LogP contribution >= 0.6 is 15.9 Å². The highest BCUT2D eigenvalue weighted by Gasteiger charge is 2.03. The van der Waals surface area contributed by atoms with Crippen LogP contribution in [0.4, 0.5) is 0 Å². The Balaban J connectivity index is 2.79. The van der Waals surface area contributed by atoms with Crippen molar-refractivity contribution in [2.45, 2.75) is 13.5 Å². The third kappa shape index (κ3) is 1.53. The van der Waals surface area contributed by atoms with E-state index >= 15 is 0 Å². The number of hydrogen-bond acceptors (Lipinski definition) is 2. The zero-order valence-corrected chi connectivity index (χ0v) is 9.51. The van der Waals surface area contributed by atoms with E-state index in [1.807, 2.05) is 18.3 Å². The molecule has 0 saturated carbocycles. The molecule has 0 aliphatic carbocycles. The van der Waals surface area contributed by atoms with Crippen LogP contribution in [0.3, 0.4) is 0 Å². The molecule has 1 aromatic carbocycles. The minimum Gasteiger partial charge on any atom is -0.326 e. The third-order valence-corrected chi connectivity index (χ3v) is 2.92. The molecule has 0 unspecified atom stereocenters. The fourth-order valence-electron chi connectivity index (χ4n) is 1.54. The first kappa shape index (κ1) is 9.62. The average Bonchev–Trinajstić information content (AvgIpc) is 2.20. The van der Waals surface area contributed by atoms with Gasteiger partial charge in [0.15, 0.2) is 0 Å². The predicted molar refractivity (Wildman–Crippen MR) is 62.1 cm³/mol. The van der Waals surface area contributed by atoms with Crippen molar-refractivity contribution in [1.82, 2.24) is 4.98 Å². The second-order valence-electron chi connectivity index (χ2n) is 3.27. The highest BCUT2D eigenvalue weighted by molar-refractivity contribution is 9.10. The normalized spacial score (nSPS) is 10.8. The molecule has 0 saturated heterocycles. The highest BCUT2D eigenvalue weighted by Crippen LogP contribution is 2.23. The molecule has 2 nitrogen and oxygen atoms in total. The van der Waals surface area contributed by atoms with Gasteiger partial charge in [0.25, 0.3) is 0 Å². The van der Waals surface area contributed by atoms with Crippen molar-refractivity contribution in [2.24, 2.45) is 5.73 Å². The van der Waals surface area contributed by atoms with Gasteiger partial charge >= 0.3 is 0 Å². The quantitative estimate of drug-likeness (QED) is 0.846. The second-order valence-corrected chi connectivity index (χ2v) is 4.19. The largest absolute Gasteiger partial charge is 0.326 e. The molecule has 0 aliphatic rings. The summed E-state index contributed by atoms with van der Waals surface area (Å²) in [6, 6.07) is 6.08. The zero-order chi connectivity index (χ0) is 10.1. The van der Waals surface area contributed by atoms with E-state index in [-0.39, 0.29) is 0 Å². The third-order valence-electron chi connectivity index (χ3n) is 2.42. The molecule has 0 spiro atoms. The molecular formula is C11H11BrN2. The first-order valence-corrected chi connectivity index (χ1v) is 5.25. The Bertz CT molecular complexity index is 480. The Hall–Kier alpha value is -0.930. The summed E-state index contributed by atoms with van der Waals surface area (Å²) in [6.07, 6.45) is 1.85. The van der Waals surface area contributed by atoms with Gasteiger partial charge in [0.2, 0.25) is 0 Å². The van der Waals surface area contributed by atoms with Gasteiger partial charge in [-0.15, -0.1) is 0 Å². The highest BCUT2D eigenvalue weighted by atomic mass is 79.9. The van der Waals surface area contributed by atoms with Crippen molar-refractivity contribution < 1.29 is 0 Å². The minimum atomic E-state index is 0.543. The number of aryl methyl sites for hydroxylation is 1. The standard InChI is InChI=1S/C11H11BrN2/c1-7-8(5-13)6-14-11-3-2-9(12)4-10(7)11/h2-4,6H,5,13H2,1H3. The van der Waals surface area contributed by atoms with E-state index in [2.05, 4.69) is 33.9 Å². The molecule has 0 atom stereocenters. The summed E-state index contributed by atoms with van der Waals surface area (Å²) in [4.78, 5) is 4.35. The van der Waals surface area contributed by atoms with Crippen molar-refractivity contribution in [3.05, 3.63) is 40.0 Å². The van der Waals surface area contributed by atoms with Gasteiger partial charge in [0.05, 0.1) is 5.52 Å². The van der Waals surface area contributed by atoms with Gasteiger partial charge in [-0.05, 0) is 36.2 Å². The number of halogens is 1. The van der Waals surface area contributed by atoms with Gasteiger partial charge in [-0.25, -0.2) is 0 Å². The van der Waals surface area contributed by atoms with E-state index in [4.69, 9.17) is 5.73 Å². The van der Waals surface area contributed by atoms with Crippen LogP contribution in [0.1, 0.15) is 11.1 Å². The topological polar surface area (TPSA) is 38.9 Å². The number of aromatic nitrogens is 1. The molecule has 0 aliphatic heterocycles. The molecule has 2 N–H and O–H groups in total. The summed E-state index contributed by atoms with van der Waals surface area (Å²) in [5.74, 6) is 0. The summed E-state index contributed by atoms with van der Waals surface area (Å²) in [7, 11) is 0. The van der Waals surface area contributed by atoms with Crippen molar-refractivity contribution in [3.63, 3.8) is 0 Å². The molecule has 0 bridgehead atoms. The molecule has 0 radical (unpaired) electrons. The lowest BCUT2D eigenvalue weighted by Gasteiger charge is -2.06. The lowest BCUT2D eigenvalue weighted by Crippen LogP contribution is -2.00. The monoisotopic (exact) mass is 250 g/mol. The van der Waals surface area contributed by atoms with Gasteiger partial charge in [-0.1, -0.05) is 15.9 Å². The lowest BCUT2D eigenvalue weighted by molar-refractivity contribution is 1.04. The maximum Gasteiger partial charge on any atom is 0.0705 e. The molecule has 3 heteroatoms. The number of benzene rings is 1. The number of nitrogens with zero attached hydrogens (tertiary/aromatic N) is 1. The van der Waals surface area contributed by atoms with E-state index in [0.717, 1.165) is 15.6 Å². The Morgan fingerprint density at radius 1 is 1.43 bits per heavy atom. The Morgan fingerprint density at radius 3 is 2.93 bits per heavy atom. The van der Waals surface area contributed by atoms with Crippen LogP contribution in [0.15, 0.2) is 28.9 Å². The molecule has 2 rings (SSSR count). The first-order chi connectivity index (χ1) is 6.72. The van der Waals surface area contributed by atoms with Crippen molar-refractivity contribution in [2.75, 3.05) is 0 Å². The second kappa shape index (κ2) is 3.67. The molecule has 72 valence electrons. The fraction of sp³-hybridized carbons (Fsp3) is 0.182. The van der Waals surface area contributed by atoms with Crippen molar-refractivity contribution in [3.8, 4) is 0 Å². The van der Waals surface area contributed by atoms with Gasteiger partial charge in [0, 0.05) is 22.6 Å². The first-order valence-electron chi connectivity index (χ1n) is 4.46. The number of hydrogen-bond donors (Lipinski definition) is 1. The lowest BCUT2D eigenvalue weighted by atomic mass is 10.1. The summed E-state index contributed by atoms with van der Waals surface area (Å²) < 4.78 is 1.07. The Kier molecular flexibility index (Phi) is 2.52. The van der Waals surface area contributed by atoms with E-state index in [1.165, 1.54) is 10.9 Å². The maximum absolute atomic E-state index is 5.63. The summed E-state index contributed by atoms with van der Waals surface area (Å²) in [5.41, 5.74) is 8.97. The SMILES string of the molecule is Cc1c(CN)cnc2ccc(Br)cc12. The van der Waals surface area contributed by atoms with Crippen LogP contribution in [0, 0.1) is 6.92 Å². The molecule has 1 heterocycles. The molecular weight excluding hydrogens is 240 g/mol. The number of pyridine rings is 1. The van der Waals surface area contributed by atoms with E-state index < -0.39 is 0 Å². The van der Waals surface area contributed by atoms with Crippen LogP contribution in [0.5, 0.6) is 0 Å². The zero-order valence-electron chi connectivity index (χ0n) is 7.92. The summed E-state index contributed by atoms with van der Waals surface area (Å²) >= 11 is 3.45. The van der Waals surface area contributed by atoms with Gasteiger partial charge in [-0.3, -0.25) is 4.98 Å². The molecule has 0 amide bonds. The van der Waals surface area contributed by atoms with E-state index in [0.29, 0.717) is 6.54 Å². The number of fused-ring (bicyclic) bond motifs is 1. The Labute approximate surface area is 91.3 Å². The molecule has 0 fully saturated rings. The van der Waals surface area contributed by atoms with Crippen molar-refractivity contribution >= 4 is 26.8 Å². The molecule has 14 heavy (non-hydrogen) atoms.